The number of rotatable bonds is 2. The largest absolute Gasteiger partial charge is 0.472 e. The number of piperidine rings is 1. The van der Waals surface area contributed by atoms with Crippen LogP contribution in [0.1, 0.15) is 12.8 Å². The predicted molar refractivity (Wildman–Crippen MR) is 75.1 cm³/mol. The molecule has 0 aliphatic carbocycles. The third-order valence-corrected chi connectivity index (χ3v) is 3.51. The summed E-state index contributed by atoms with van der Waals surface area (Å²) in [5.41, 5.74) is 7.54. The van der Waals surface area contributed by atoms with Crippen LogP contribution in [0.15, 0.2) is 24.3 Å². The fourth-order valence-electron chi connectivity index (χ4n) is 2.34. The second-order valence-electron chi connectivity index (χ2n) is 5.02. The fraction of sp³-hybridized carbons (Fsp3) is 0.429. The molecule has 5 heteroatoms. The summed E-state index contributed by atoms with van der Waals surface area (Å²) < 4.78 is 5.92. The molecule has 0 unspecified atom stereocenters. The minimum atomic E-state index is 0.189. The van der Waals surface area contributed by atoms with Gasteiger partial charge < -0.3 is 15.4 Å². The monoisotopic (exact) mass is 258 g/mol. The standard InChI is InChI=1S/C14H18N4O/c1-18-8-6-10(7-9-18)19-14-13(15)16-11-4-2-3-5-12(11)17-14/h2-5,10H,6-9H2,1H3,(H2,15,16). The van der Waals surface area contributed by atoms with Crippen LogP contribution in [-0.4, -0.2) is 41.1 Å². The van der Waals surface area contributed by atoms with Crippen molar-refractivity contribution < 1.29 is 4.74 Å². The highest BCUT2D eigenvalue weighted by Crippen LogP contribution is 2.24. The number of anilines is 1. The fourth-order valence-corrected chi connectivity index (χ4v) is 2.34. The van der Waals surface area contributed by atoms with Crippen molar-refractivity contribution in [2.24, 2.45) is 0 Å². The number of aromatic nitrogens is 2. The molecule has 1 aliphatic heterocycles. The predicted octanol–water partition coefficient (Wildman–Crippen LogP) is 1.69. The van der Waals surface area contributed by atoms with Crippen molar-refractivity contribution >= 4 is 16.9 Å². The maximum Gasteiger partial charge on any atom is 0.258 e. The molecule has 5 nitrogen and oxygen atoms in total. The van der Waals surface area contributed by atoms with Crippen LogP contribution >= 0.6 is 0 Å². The Morgan fingerprint density at radius 3 is 2.47 bits per heavy atom. The molecule has 0 atom stereocenters. The molecular formula is C14H18N4O. The van der Waals surface area contributed by atoms with E-state index in [-0.39, 0.29) is 6.10 Å². The number of nitrogens with two attached hydrogens (primary N) is 1. The third kappa shape index (κ3) is 2.61. The van der Waals surface area contributed by atoms with E-state index in [9.17, 15) is 0 Å². The summed E-state index contributed by atoms with van der Waals surface area (Å²) in [5, 5.41) is 0. The van der Waals surface area contributed by atoms with Gasteiger partial charge in [0.1, 0.15) is 6.10 Å². The first-order valence-electron chi connectivity index (χ1n) is 6.60. The summed E-state index contributed by atoms with van der Waals surface area (Å²) in [4.78, 5) is 11.1. The normalized spacial score (nSPS) is 17.7. The van der Waals surface area contributed by atoms with Crippen LogP contribution in [0.3, 0.4) is 0 Å². The Kier molecular flexibility index (Phi) is 3.21. The van der Waals surface area contributed by atoms with Crippen molar-refractivity contribution in [3.8, 4) is 5.88 Å². The Morgan fingerprint density at radius 2 is 1.79 bits per heavy atom. The summed E-state index contributed by atoms with van der Waals surface area (Å²) in [6, 6.07) is 7.68. The molecule has 0 radical (unpaired) electrons. The van der Waals surface area contributed by atoms with Crippen LogP contribution in [0.4, 0.5) is 5.82 Å². The Balaban J connectivity index is 1.82. The third-order valence-electron chi connectivity index (χ3n) is 3.51. The Hall–Kier alpha value is -1.88. The molecule has 1 saturated heterocycles. The molecule has 2 aromatic rings. The minimum Gasteiger partial charge on any atom is -0.472 e. The van der Waals surface area contributed by atoms with Gasteiger partial charge >= 0.3 is 0 Å². The summed E-state index contributed by atoms with van der Waals surface area (Å²) in [7, 11) is 2.13. The average molecular weight is 258 g/mol. The molecule has 0 bridgehead atoms. The molecule has 3 rings (SSSR count). The number of nitrogen functional groups attached to an aromatic ring is 1. The lowest BCUT2D eigenvalue weighted by molar-refractivity contribution is 0.111. The van der Waals surface area contributed by atoms with Gasteiger partial charge in [0.2, 0.25) is 0 Å². The van der Waals surface area contributed by atoms with E-state index in [0.717, 1.165) is 37.0 Å². The van der Waals surface area contributed by atoms with Crippen molar-refractivity contribution in [1.29, 1.82) is 0 Å². The molecule has 2 heterocycles. The second kappa shape index (κ2) is 5.01. The maximum absolute atomic E-state index is 5.92. The van der Waals surface area contributed by atoms with E-state index in [0.29, 0.717) is 11.7 Å². The molecule has 0 spiro atoms. The summed E-state index contributed by atoms with van der Waals surface area (Å²) in [5.74, 6) is 0.839. The number of hydrogen-bond acceptors (Lipinski definition) is 5. The van der Waals surface area contributed by atoms with Gasteiger partial charge in [0, 0.05) is 13.1 Å². The highest BCUT2D eigenvalue weighted by molar-refractivity contribution is 5.76. The van der Waals surface area contributed by atoms with Gasteiger partial charge in [-0.25, -0.2) is 9.97 Å². The zero-order valence-electron chi connectivity index (χ0n) is 11.0. The number of para-hydroxylation sites is 2. The Morgan fingerprint density at radius 1 is 1.16 bits per heavy atom. The number of ether oxygens (including phenoxy) is 1. The van der Waals surface area contributed by atoms with Gasteiger partial charge in [0.25, 0.3) is 5.88 Å². The van der Waals surface area contributed by atoms with Crippen molar-refractivity contribution in [1.82, 2.24) is 14.9 Å². The first-order chi connectivity index (χ1) is 9.22. The summed E-state index contributed by atoms with van der Waals surface area (Å²) in [6.45, 7) is 2.09. The van der Waals surface area contributed by atoms with Gasteiger partial charge in [0.05, 0.1) is 11.0 Å². The van der Waals surface area contributed by atoms with Crippen LogP contribution < -0.4 is 10.5 Å². The molecule has 1 aromatic heterocycles. The zero-order chi connectivity index (χ0) is 13.2. The lowest BCUT2D eigenvalue weighted by Gasteiger charge is -2.29. The number of fused-ring (bicyclic) bond motifs is 1. The average Bonchev–Trinajstić information content (AvgIpc) is 2.42. The van der Waals surface area contributed by atoms with Crippen LogP contribution in [0.5, 0.6) is 5.88 Å². The van der Waals surface area contributed by atoms with E-state index in [1.54, 1.807) is 0 Å². The lowest BCUT2D eigenvalue weighted by Crippen LogP contribution is -2.35. The second-order valence-corrected chi connectivity index (χ2v) is 5.02. The highest BCUT2D eigenvalue weighted by Gasteiger charge is 2.20. The van der Waals surface area contributed by atoms with E-state index in [1.165, 1.54) is 0 Å². The smallest absolute Gasteiger partial charge is 0.258 e. The van der Waals surface area contributed by atoms with Crippen molar-refractivity contribution in [3.63, 3.8) is 0 Å². The van der Waals surface area contributed by atoms with E-state index >= 15 is 0 Å². The van der Waals surface area contributed by atoms with Gasteiger partial charge in [0.15, 0.2) is 5.82 Å². The van der Waals surface area contributed by atoms with Crippen LogP contribution in [0.2, 0.25) is 0 Å². The van der Waals surface area contributed by atoms with Crippen molar-refractivity contribution in [2.75, 3.05) is 25.9 Å². The first-order valence-corrected chi connectivity index (χ1v) is 6.60. The van der Waals surface area contributed by atoms with Gasteiger partial charge in [-0.1, -0.05) is 12.1 Å². The summed E-state index contributed by atoms with van der Waals surface area (Å²) >= 11 is 0. The molecule has 100 valence electrons. The quantitative estimate of drug-likeness (QED) is 0.888. The Labute approximate surface area is 112 Å². The van der Waals surface area contributed by atoms with Crippen molar-refractivity contribution in [2.45, 2.75) is 18.9 Å². The number of nitrogens with zero attached hydrogens (tertiary/aromatic N) is 3. The van der Waals surface area contributed by atoms with E-state index in [4.69, 9.17) is 10.5 Å². The van der Waals surface area contributed by atoms with Crippen LogP contribution in [0.25, 0.3) is 11.0 Å². The molecule has 1 fully saturated rings. The van der Waals surface area contributed by atoms with Crippen LogP contribution in [0, 0.1) is 0 Å². The molecule has 19 heavy (non-hydrogen) atoms. The van der Waals surface area contributed by atoms with E-state index < -0.39 is 0 Å². The van der Waals surface area contributed by atoms with Gasteiger partial charge in [-0.2, -0.15) is 0 Å². The molecule has 0 amide bonds. The van der Waals surface area contributed by atoms with E-state index in [1.807, 2.05) is 24.3 Å². The Bertz CT molecular complexity index is 579. The first kappa shape index (κ1) is 12.2. The van der Waals surface area contributed by atoms with Crippen LogP contribution in [-0.2, 0) is 0 Å². The number of likely N-dealkylation sites (tertiary alicyclic amines) is 1. The summed E-state index contributed by atoms with van der Waals surface area (Å²) in [6.07, 6.45) is 2.20. The highest BCUT2D eigenvalue weighted by atomic mass is 16.5. The SMILES string of the molecule is CN1CCC(Oc2nc3ccccc3nc2N)CC1. The number of hydrogen-bond donors (Lipinski definition) is 1. The molecular weight excluding hydrogens is 240 g/mol. The minimum absolute atomic E-state index is 0.189. The van der Waals surface area contributed by atoms with Crippen molar-refractivity contribution in [3.05, 3.63) is 24.3 Å². The molecule has 0 saturated carbocycles. The van der Waals surface area contributed by atoms with E-state index in [2.05, 4.69) is 21.9 Å². The lowest BCUT2D eigenvalue weighted by atomic mass is 10.1. The molecule has 1 aliphatic rings. The van der Waals surface area contributed by atoms with Gasteiger partial charge in [-0.3, -0.25) is 0 Å². The van der Waals surface area contributed by atoms with Gasteiger partial charge in [-0.05, 0) is 32.0 Å². The molecule has 1 aromatic carbocycles. The zero-order valence-corrected chi connectivity index (χ0v) is 11.0. The number of benzene rings is 1. The van der Waals surface area contributed by atoms with Gasteiger partial charge in [-0.15, -0.1) is 0 Å². The molecule has 2 N–H and O–H groups in total. The topological polar surface area (TPSA) is 64.3 Å². The maximum atomic E-state index is 5.92.